The number of nitrogens with one attached hydrogen (secondary N) is 1. The standard InChI is InChI=1S/C11H8BrNOS2/c1-6(7-2-4-8(12)5-3-7)9-10(14)13-11(15)16-9/h2-5H,1H3,(H,13,14,15)/b9-6-. The van der Waals surface area contributed by atoms with Crippen molar-refractivity contribution in [3.8, 4) is 0 Å². The van der Waals surface area contributed by atoms with Crippen molar-refractivity contribution < 1.29 is 4.79 Å². The van der Waals surface area contributed by atoms with Crippen LogP contribution in [0.3, 0.4) is 0 Å². The number of hydrogen-bond donors (Lipinski definition) is 1. The van der Waals surface area contributed by atoms with Gasteiger partial charge in [-0.25, -0.2) is 0 Å². The molecule has 1 fully saturated rings. The first-order valence-electron chi connectivity index (χ1n) is 4.58. The van der Waals surface area contributed by atoms with E-state index in [0.717, 1.165) is 15.6 Å². The highest BCUT2D eigenvalue weighted by Crippen LogP contribution is 2.31. The topological polar surface area (TPSA) is 29.1 Å². The molecule has 0 spiro atoms. The molecule has 1 amide bonds. The predicted octanol–water partition coefficient (Wildman–Crippen LogP) is 3.33. The summed E-state index contributed by atoms with van der Waals surface area (Å²) in [6.07, 6.45) is 0. The maximum Gasteiger partial charge on any atom is 0.263 e. The summed E-state index contributed by atoms with van der Waals surface area (Å²) < 4.78 is 1.55. The van der Waals surface area contributed by atoms with Crippen LogP contribution in [0.1, 0.15) is 12.5 Å². The summed E-state index contributed by atoms with van der Waals surface area (Å²) in [7, 11) is 0. The van der Waals surface area contributed by atoms with Gasteiger partial charge in [0, 0.05) is 4.47 Å². The Morgan fingerprint density at radius 3 is 2.50 bits per heavy atom. The van der Waals surface area contributed by atoms with Gasteiger partial charge >= 0.3 is 0 Å². The van der Waals surface area contributed by atoms with Crippen molar-refractivity contribution in [3.05, 3.63) is 39.2 Å². The third kappa shape index (κ3) is 2.36. The second-order valence-electron chi connectivity index (χ2n) is 3.30. The Morgan fingerprint density at radius 2 is 2.00 bits per heavy atom. The van der Waals surface area contributed by atoms with Crippen molar-refractivity contribution >= 4 is 55.7 Å². The Balaban J connectivity index is 2.41. The number of thioether (sulfide) groups is 1. The second kappa shape index (κ2) is 4.69. The van der Waals surface area contributed by atoms with E-state index in [9.17, 15) is 4.79 Å². The first-order chi connectivity index (χ1) is 7.58. The fourth-order valence-corrected chi connectivity index (χ4v) is 2.74. The molecule has 1 heterocycles. The van der Waals surface area contributed by atoms with E-state index in [-0.39, 0.29) is 5.91 Å². The van der Waals surface area contributed by atoms with Crippen molar-refractivity contribution in [3.63, 3.8) is 0 Å². The van der Waals surface area contributed by atoms with Gasteiger partial charge in [-0.1, -0.05) is 52.0 Å². The van der Waals surface area contributed by atoms with Crippen LogP contribution in [0, 0.1) is 0 Å². The lowest BCUT2D eigenvalue weighted by molar-refractivity contribution is -0.115. The van der Waals surface area contributed by atoms with Crippen LogP contribution >= 0.6 is 39.9 Å². The summed E-state index contributed by atoms with van der Waals surface area (Å²) in [6.45, 7) is 1.93. The summed E-state index contributed by atoms with van der Waals surface area (Å²) >= 11 is 9.65. The molecule has 0 aromatic heterocycles. The highest BCUT2D eigenvalue weighted by molar-refractivity contribution is 9.10. The predicted molar refractivity (Wildman–Crippen MR) is 75.1 cm³/mol. The summed E-state index contributed by atoms with van der Waals surface area (Å²) in [4.78, 5) is 12.3. The van der Waals surface area contributed by atoms with Crippen LogP contribution in [-0.2, 0) is 4.79 Å². The molecule has 2 nitrogen and oxygen atoms in total. The first-order valence-corrected chi connectivity index (χ1v) is 6.59. The Kier molecular flexibility index (Phi) is 3.47. The lowest BCUT2D eigenvalue weighted by Gasteiger charge is -2.03. The molecule has 1 aromatic carbocycles. The summed E-state index contributed by atoms with van der Waals surface area (Å²) in [6, 6.07) is 7.85. The van der Waals surface area contributed by atoms with E-state index in [2.05, 4.69) is 21.2 Å². The van der Waals surface area contributed by atoms with Crippen molar-refractivity contribution in [1.29, 1.82) is 0 Å². The number of benzene rings is 1. The summed E-state index contributed by atoms with van der Waals surface area (Å²) in [5.74, 6) is -0.101. The normalized spacial score (nSPS) is 18.6. The molecule has 16 heavy (non-hydrogen) atoms. The quantitative estimate of drug-likeness (QED) is 0.637. The second-order valence-corrected chi connectivity index (χ2v) is 5.91. The van der Waals surface area contributed by atoms with Crippen LogP contribution in [0.5, 0.6) is 0 Å². The molecule has 0 unspecified atom stereocenters. The maximum absolute atomic E-state index is 11.6. The van der Waals surface area contributed by atoms with Gasteiger partial charge in [0.05, 0.1) is 4.91 Å². The van der Waals surface area contributed by atoms with Gasteiger partial charge in [-0.05, 0) is 30.2 Å². The molecule has 0 atom stereocenters. The number of rotatable bonds is 1. The van der Waals surface area contributed by atoms with Gasteiger partial charge in [0.15, 0.2) is 0 Å². The molecule has 0 radical (unpaired) electrons. The zero-order valence-corrected chi connectivity index (χ0v) is 11.6. The van der Waals surface area contributed by atoms with Gasteiger partial charge in [0.1, 0.15) is 4.32 Å². The van der Waals surface area contributed by atoms with Crippen LogP contribution in [0.25, 0.3) is 5.57 Å². The lowest BCUT2D eigenvalue weighted by atomic mass is 10.1. The molecule has 0 aliphatic carbocycles. The minimum absolute atomic E-state index is 0.101. The number of carbonyl (C=O) groups is 1. The molecule has 1 saturated heterocycles. The molecule has 2 rings (SSSR count). The molecule has 5 heteroatoms. The number of carbonyl (C=O) groups excluding carboxylic acids is 1. The largest absolute Gasteiger partial charge is 0.307 e. The Bertz CT molecular complexity index is 493. The Morgan fingerprint density at radius 1 is 1.38 bits per heavy atom. The Labute approximate surface area is 112 Å². The summed E-state index contributed by atoms with van der Waals surface area (Å²) in [5.41, 5.74) is 1.99. The smallest absolute Gasteiger partial charge is 0.263 e. The van der Waals surface area contributed by atoms with Gasteiger partial charge < -0.3 is 5.32 Å². The van der Waals surface area contributed by atoms with E-state index in [4.69, 9.17) is 12.2 Å². The molecule has 1 N–H and O–H groups in total. The zero-order chi connectivity index (χ0) is 11.7. The number of halogens is 1. The molecule has 0 saturated carbocycles. The van der Waals surface area contributed by atoms with Gasteiger partial charge in [-0.3, -0.25) is 4.79 Å². The monoisotopic (exact) mass is 313 g/mol. The number of hydrogen-bond acceptors (Lipinski definition) is 3. The van der Waals surface area contributed by atoms with Crippen LogP contribution in [0.2, 0.25) is 0 Å². The molecule has 1 aliphatic rings. The number of amides is 1. The van der Waals surface area contributed by atoms with Crippen molar-refractivity contribution in [2.75, 3.05) is 0 Å². The Hall–Kier alpha value is -0.650. The van der Waals surface area contributed by atoms with E-state index in [0.29, 0.717) is 9.23 Å². The van der Waals surface area contributed by atoms with Crippen LogP contribution < -0.4 is 5.32 Å². The van der Waals surface area contributed by atoms with Crippen LogP contribution in [-0.4, -0.2) is 10.2 Å². The van der Waals surface area contributed by atoms with E-state index in [1.807, 2.05) is 31.2 Å². The third-order valence-corrected chi connectivity index (χ3v) is 4.10. The third-order valence-electron chi connectivity index (χ3n) is 2.23. The van der Waals surface area contributed by atoms with Gasteiger partial charge in [0.25, 0.3) is 5.91 Å². The van der Waals surface area contributed by atoms with Crippen molar-refractivity contribution in [1.82, 2.24) is 5.32 Å². The molecule has 1 aromatic rings. The molecule has 1 aliphatic heterocycles. The number of thiocarbonyl (C=S) groups is 1. The van der Waals surface area contributed by atoms with E-state index in [1.165, 1.54) is 11.8 Å². The minimum atomic E-state index is -0.101. The van der Waals surface area contributed by atoms with E-state index >= 15 is 0 Å². The molecular weight excluding hydrogens is 306 g/mol. The SMILES string of the molecule is C/C(=C1/SC(=S)NC1=O)c1ccc(Br)cc1. The zero-order valence-electron chi connectivity index (χ0n) is 8.41. The van der Waals surface area contributed by atoms with E-state index < -0.39 is 0 Å². The highest BCUT2D eigenvalue weighted by Gasteiger charge is 2.24. The van der Waals surface area contributed by atoms with Crippen LogP contribution in [0.4, 0.5) is 0 Å². The average molecular weight is 314 g/mol. The highest BCUT2D eigenvalue weighted by atomic mass is 79.9. The molecule has 0 bridgehead atoms. The fraction of sp³-hybridized carbons (Fsp3) is 0.0909. The average Bonchev–Trinajstić information content (AvgIpc) is 2.58. The minimum Gasteiger partial charge on any atom is -0.307 e. The first kappa shape index (κ1) is 11.8. The maximum atomic E-state index is 11.6. The fourth-order valence-electron chi connectivity index (χ4n) is 1.39. The number of allylic oxidation sites excluding steroid dienone is 1. The molecule has 82 valence electrons. The van der Waals surface area contributed by atoms with Gasteiger partial charge in [-0.15, -0.1) is 0 Å². The van der Waals surface area contributed by atoms with E-state index in [1.54, 1.807) is 0 Å². The van der Waals surface area contributed by atoms with Crippen molar-refractivity contribution in [2.24, 2.45) is 0 Å². The molecular formula is C11H8BrNOS2. The van der Waals surface area contributed by atoms with Gasteiger partial charge in [-0.2, -0.15) is 0 Å². The van der Waals surface area contributed by atoms with Gasteiger partial charge in [0.2, 0.25) is 0 Å². The lowest BCUT2D eigenvalue weighted by Crippen LogP contribution is -2.18. The van der Waals surface area contributed by atoms with Crippen LogP contribution in [0.15, 0.2) is 33.6 Å². The summed E-state index contributed by atoms with van der Waals surface area (Å²) in [5, 5.41) is 2.62. The van der Waals surface area contributed by atoms with Crippen molar-refractivity contribution in [2.45, 2.75) is 6.92 Å².